The van der Waals surface area contributed by atoms with Crippen LogP contribution in [0.25, 0.3) is 5.69 Å². The second kappa shape index (κ2) is 7.14. The molecule has 0 saturated heterocycles. The van der Waals surface area contributed by atoms with Crippen molar-refractivity contribution in [3.8, 4) is 5.69 Å². The van der Waals surface area contributed by atoms with Crippen molar-refractivity contribution >= 4 is 17.6 Å². The van der Waals surface area contributed by atoms with E-state index < -0.39 is 22.3 Å². The molecule has 1 aliphatic carbocycles. The largest absolute Gasteiger partial charge is 0.480 e. The Morgan fingerprint density at radius 2 is 2.07 bits per heavy atom. The number of nitro groups is 1. The monoisotopic (exact) mass is 373 g/mol. The number of nitrogens with zero attached hydrogens (tertiary/aromatic N) is 4. The van der Waals surface area contributed by atoms with Crippen molar-refractivity contribution in [2.45, 2.75) is 38.1 Å². The number of benzene rings is 1. The van der Waals surface area contributed by atoms with Gasteiger partial charge in [-0.25, -0.2) is 9.48 Å². The Bertz CT molecular complexity index is 885. The molecular weight excluding hydrogens is 354 g/mol. The molecule has 10 nitrogen and oxygen atoms in total. The number of aromatic nitrogens is 3. The van der Waals surface area contributed by atoms with E-state index in [1.807, 2.05) is 0 Å². The van der Waals surface area contributed by atoms with E-state index in [-0.39, 0.29) is 11.4 Å². The molecule has 142 valence electrons. The number of nitrogens with one attached hydrogen (secondary N) is 1. The fourth-order valence-electron chi connectivity index (χ4n) is 3.17. The molecular formula is C17H19N5O5. The Labute approximate surface area is 154 Å². The highest BCUT2D eigenvalue weighted by Gasteiger charge is 2.43. The zero-order valence-electron chi connectivity index (χ0n) is 14.7. The molecule has 0 unspecified atom stereocenters. The molecule has 2 N–H and O–H groups in total. The minimum Gasteiger partial charge on any atom is -0.480 e. The smallest absolute Gasteiger partial charge is 0.329 e. The molecule has 1 amide bonds. The van der Waals surface area contributed by atoms with Gasteiger partial charge in [-0.1, -0.05) is 18.2 Å². The lowest BCUT2D eigenvalue weighted by molar-refractivity contribution is -0.384. The van der Waals surface area contributed by atoms with Gasteiger partial charge in [0.25, 0.3) is 11.6 Å². The summed E-state index contributed by atoms with van der Waals surface area (Å²) >= 11 is 0. The highest BCUT2D eigenvalue weighted by atomic mass is 16.6. The van der Waals surface area contributed by atoms with Crippen molar-refractivity contribution < 1.29 is 19.6 Å². The van der Waals surface area contributed by atoms with Gasteiger partial charge < -0.3 is 10.4 Å². The van der Waals surface area contributed by atoms with Gasteiger partial charge in [-0.2, -0.15) is 0 Å². The third kappa shape index (κ3) is 3.78. The molecule has 27 heavy (non-hydrogen) atoms. The number of hydrogen-bond donors (Lipinski definition) is 2. The number of carboxylic acids is 1. The van der Waals surface area contributed by atoms with Crippen molar-refractivity contribution in [3.63, 3.8) is 0 Å². The molecule has 0 aliphatic heterocycles. The third-order valence-electron chi connectivity index (χ3n) is 4.92. The molecule has 1 heterocycles. The molecule has 1 aliphatic rings. The number of amides is 1. The van der Waals surface area contributed by atoms with E-state index in [1.165, 1.54) is 29.1 Å². The van der Waals surface area contributed by atoms with E-state index >= 15 is 0 Å². The van der Waals surface area contributed by atoms with Crippen LogP contribution in [0.5, 0.6) is 0 Å². The van der Waals surface area contributed by atoms with Crippen LogP contribution >= 0.6 is 0 Å². The second-order valence-electron chi connectivity index (χ2n) is 6.85. The van der Waals surface area contributed by atoms with E-state index in [1.54, 1.807) is 6.07 Å². The Hall–Kier alpha value is -3.30. The van der Waals surface area contributed by atoms with Gasteiger partial charge in [0, 0.05) is 12.1 Å². The fraction of sp³-hybridized carbons (Fsp3) is 0.412. The average molecular weight is 373 g/mol. The molecule has 1 aromatic heterocycles. The maximum absolute atomic E-state index is 12.5. The Morgan fingerprint density at radius 3 is 2.70 bits per heavy atom. The molecule has 1 fully saturated rings. The van der Waals surface area contributed by atoms with Crippen LogP contribution in [0.4, 0.5) is 5.69 Å². The molecule has 0 radical (unpaired) electrons. The van der Waals surface area contributed by atoms with Crippen molar-refractivity contribution in [2.24, 2.45) is 5.92 Å². The summed E-state index contributed by atoms with van der Waals surface area (Å²) in [5.41, 5.74) is -1.11. The topological polar surface area (TPSA) is 140 Å². The SMILES string of the molecule is CC1CCC(NC(=O)c2cn(-c3cccc([N+](=O)[O-])c3)nn2)(C(=O)O)CC1. The van der Waals surface area contributed by atoms with Crippen LogP contribution in [0, 0.1) is 16.0 Å². The van der Waals surface area contributed by atoms with Crippen LogP contribution in [0.15, 0.2) is 30.5 Å². The quantitative estimate of drug-likeness (QED) is 0.603. The highest BCUT2D eigenvalue weighted by Crippen LogP contribution is 2.32. The van der Waals surface area contributed by atoms with Gasteiger partial charge in [0.05, 0.1) is 16.8 Å². The zero-order chi connectivity index (χ0) is 19.6. The lowest BCUT2D eigenvalue weighted by Crippen LogP contribution is -2.56. The molecule has 1 aromatic carbocycles. The van der Waals surface area contributed by atoms with Crippen LogP contribution in [0.1, 0.15) is 43.1 Å². The summed E-state index contributed by atoms with van der Waals surface area (Å²) < 4.78 is 1.23. The third-order valence-corrected chi connectivity index (χ3v) is 4.92. The number of carbonyl (C=O) groups excluding carboxylic acids is 1. The van der Waals surface area contributed by atoms with Crippen LogP contribution in [0.2, 0.25) is 0 Å². The van der Waals surface area contributed by atoms with Crippen LogP contribution < -0.4 is 5.32 Å². The summed E-state index contributed by atoms with van der Waals surface area (Å²) in [6.07, 6.45) is 3.46. The van der Waals surface area contributed by atoms with E-state index in [2.05, 4.69) is 22.6 Å². The molecule has 3 rings (SSSR count). The Morgan fingerprint density at radius 1 is 1.37 bits per heavy atom. The van der Waals surface area contributed by atoms with E-state index in [0.717, 1.165) is 0 Å². The van der Waals surface area contributed by atoms with Crippen LogP contribution in [-0.4, -0.2) is 42.4 Å². The second-order valence-corrected chi connectivity index (χ2v) is 6.85. The number of non-ortho nitro benzene ring substituents is 1. The van der Waals surface area contributed by atoms with E-state index in [0.29, 0.717) is 37.3 Å². The highest BCUT2D eigenvalue weighted by molar-refractivity contribution is 5.96. The maximum Gasteiger partial charge on any atom is 0.329 e. The Balaban J connectivity index is 1.79. The van der Waals surface area contributed by atoms with Gasteiger partial charge in [0.15, 0.2) is 5.69 Å². The first-order valence-corrected chi connectivity index (χ1v) is 8.54. The summed E-state index contributed by atoms with van der Waals surface area (Å²) in [6.45, 7) is 2.05. The van der Waals surface area contributed by atoms with E-state index in [9.17, 15) is 24.8 Å². The number of aliphatic carboxylic acids is 1. The number of nitro benzene ring substituents is 1. The van der Waals surface area contributed by atoms with Gasteiger partial charge >= 0.3 is 5.97 Å². The van der Waals surface area contributed by atoms with Gasteiger partial charge in [0.1, 0.15) is 5.54 Å². The summed E-state index contributed by atoms with van der Waals surface area (Å²) in [5, 5.41) is 30.7. The lowest BCUT2D eigenvalue weighted by atomic mass is 9.77. The molecule has 1 saturated carbocycles. The number of carbonyl (C=O) groups is 2. The first kappa shape index (κ1) is 18.5. The minimum absolute atomic E-state index is 0.0549. The first-order chi connectivity index (χ1) is 12.8. The number of rotatable bonds is 5. The van der Waals surface area contributed by atoms with Gasteiger partial charge in [-0.15, -0.1) is 5.10 Å². The predicted molar refractivity (Wildman–Crippen MR) is 93.5 cm³/mol. The van der Waals surface area contributed by atoms with Gasteiger partial charge in [0.2, 0.25) is 0 Å². The number of carboxylic acid groups (broad SMARTS) is 1. The normalized spacial score (nSPS) is 22.2. The molecule has 10 heteroatoms. The molecule has 0 atom stereocenters. The molecule has 2 aromatic rings. The fourth-order valence-corrected chi connectivity index (χ4v) is 3.17. The first-order valence-electron chi connectivity index (χ1n) is 8.54. The van der Waals surface area contributed by atoms with Crippen LogP contribution in [0.3, 0.4) is 0 Å². The summed E-state index contributed by atoms with van der Waals surface area (Å²) in [6, 6.07) is 5.73. The summed E-state index contributed by atoms with van der Waals surface area (Å²) in [5.74, 6) is -1.28. The summed E-state index contributed by atoms with van der Waals surface area (Å²) in [4.78, 5) is 34.6. The van der Waals surface area contributed by atoms with E-state index in [4.69, 9.17) is 0 Å². The van der Waals surface area contributed by atoms with Crippen molar-refractivity contribution in [1.29, 1.82) is 0 Å². The Kier molecular flexibility index (Phi) is 4.89. The average Bonchev–Trinajstić information content (AvgIpc) is 3.14. The summed E-state index contributed by atoms with van der Waals surface area (Å²) in [7, 11) is 0. The van der Waals surface area contributed by atoms with Gasteiger partial charge in [-0.3, -0.25) is 14.9 Å². The zero-order valence-corrected chi connectivity index (χ0v) is 14.7. The maximum atomic E-state index is 12.5. The van der Waals surface area contributed by atoms with Gasteiger partial charge in [-0.05, 0) is 37.7 Å². The molecule has 0 spiro atoms. The molecule has 0 bridgehead atoms. The van der Waals surface area contributed by atoms with Crippen molar-refractivity contribution in [3.05, 3.63) is 46.3 Å². The lowest BCUT2D eigenvalue weighted by Gasteiger charge is -2.36. The van der Waals surface area contributed by atoms with Crippen LogP contribution in [-0.2, 0) is 4.79 Å². The van der Waals surface area contributed by atoms with Crippen molar-refractivity contribution in [1.82, 2.24) is 20.3 Å². The number of hydrogen-bond acceptors (Lipinski definition) is 6. The minimum atomic E-state index is -1.31. The standard InChI is InChI=1S/C17H19N5O5/c1-11-5-7-17(8-6-11,16(24)25)18-15(23)14-10-21(20-19-14)12-3-2-4-13(9-12)22(26)27/h2-4,9-11H,5-8H2,1H3,(H,18,23)(H,24,25). The predicted octanol–water partition coefficient (Wildman–Crippen LogP) is 1.94. The van der Waals surface area contributed by atoms with Crippen molar-refractivity contribution in [2.75, 3.05) is 0 Å².